The molecule has 1 aliphatic heterocycles. The molecule has 0 saturated carbocycles. The predicted octanol–water partition coefficient (Wildman–Crippen LogP) is -6.44. The van der Waals surface area contributed by atoms with Crippen LogP contribution in [0.3, 0.4) is 0 Å². The SMILES string of the molecule is Nc1nc2c(ncn2[C@@H]2O[C@H](CO)[C@@H](O)[C@H]2O)c(=O)[nH]1.O=C([C@H](O)[C@@H](O)[C@H](O)[C@H](O)CO)P(=O)(O)OP(=O)(O)O. The zero-order valence-corrected chi connectivity index (χ0v) is 21.6. The van der Waals surface area contributed by atoms with Gasteiger partial charge in [0, 0.05) is 0 Å². The molecule has 0 bridgehead atoms. The zero-order valence-electron chi connectivity index (χ0n) is 19.8. The number of aliphatic hydroxyl groups is 8. The average Bonchev–Trinajstić information content (AvgIpc) is 3.40. The lowest BCUT2D eigenvalue weighted by Gasteiger charge is -2.25. The molecule has 1 unspecified atom stereocenters. The van der Waals surface area contributed by atoms with Gasteiger partial charge in [-0.25, -0.2) is 13.9 Å². The van der Waals surface area contributed by atoms with E-state index < -0.39 is 88.7 Å². The van der Waals surface area contributed by atoms with Crippen molar-refractivity contribution in [3.63, 3.8) is 0 Å². The van der Waals surface area contributed by atoms with Crippen molar-refractivity contribution in [2.45, 2.75) is 49.0 Å². The van der Waals surface area contributed by atoms with Crippen LogP contribution in [0.1, 0.15) is 6.23 Å². The van der Waals surface area contributed by atoms with Crippen LogP contribution in [-0.2, 0) is 23.0 Å². The molecular formula is C16H27N5O17P2. The molecule has 2 aromatic rings. The largest absolute Gasteiger partial charge is 0.477 e. The number of carbonyl (C=O) groups excluding carboxylic acids is 1. The Morgan fingerprint density at radius 1 is 1.12 bits per heavy atom. The molecule has 0 amide bonds. The number of aromatic nitrogens is 4. The van der Waals surface area contributed by atoms with Gasteiger partial charge in [-0.05, 0) is 0 Å². The van der Waals surface area contributed by atoms with Crippen LogP contribution in [0.25, 0.3) is 11.2 Å². The van der Waals surface area contributed by atoms with Crippen molar-refractivity contribution in [2.75, 3.05) is 18.9 Å². The highest BCUT2D eigenvalue weighted by Crippen LogP contribution is 2.58. The van der Waals surface area contributed by atoms with E-state index in [9.17, 15) is 39.1 Å². The van der Waals surface area contributed by atoms with Gasteiger partial charge < -0.3 is 66.0 Å². The van der Waals surface area contributed by atoms with Crippen molar-refractivity contribution >= 4 is 38.1 Å². The number of nitrogens with one attached hydrogen (secondary N) is 1. The lowest BCUT2D eigenvalue weighted by atomic mass is 10.0. The van der Waals surface area contributed by atoms with Gasteiger partial charge in [0.1, 0.15) is 36.6 Å². The van der Waals surface area contributed by atoms with Crippen molar-refractivity contribution in [2.24, 2.45) is 0 Å². The monoisotopic (exact) mass is 623 g/mol. The molecule has 22 nitrogen and oxygen atoms in total. The van der Waals surface area contributed by atoms with Crippen molar-refractivity contribution in [3.8, 4) is 0 Å². The first kappa shape index (κ1) is 34.0. The number of rotatable bonds is 10. The minimum atomic E-state index is -5.66. The summed E-state index contributed by atoms with van der Waals surface area (Å²) < 4.78 is 31.4. The van der Waals surface area contributed by atoms with Crippen molar-refractivity contribution in [1.82, 2.24) is 19.5 Å². The first-order valence-corrected chi connectivity index (χ1v) is 13.8. The van der Waals surface area contributed by atoms with Gasteiger partial charge in [-0.1, -0.05) is 0 Å². The minimum absolute atomic E-state index is 0.0388. The number of carbonyl (C=O) groups is 1. The van der Waals surface area contributed by atoms with Gasteiger partial charge in [0.2, 0.25) is 5.95 Å². The van der Waals surface area contributed by atoms with Crippen LogP contribution in [0.2, 0.25) is 0 Å². The third kappa shape index (κ3) is 7.73. The number of anilines is 1. The fourth-order valence-corrected chi connectivity index (χ4v) is 5.22. The van der Waals surface area contributed by atoms with Gasteiger partial charge in [-0.15, -0.1) is 0 Å². The lowest BCUT2D eigenvalue weighted by molar-refractivity contribution is -0.141. The molecule has 228 valence electrons. The minimum Gasteiger partial charge on any atom is -0.394 e. The molecule has 3 rings (SSSR count). The molecule has 1 aliphatic rings. The number of nitrogen functional groups attached to an aromatic ring is 1. The molecule has 1 fully saturated rings. The molecular weight excluding hydrogens is 596 g/mol. The molecule has 0 radical (unpaired) electrons. The smallest absolute Gasteiger partial charge is 0.394 e. The number of aliphatic hydroxyl groups excluding tert-OH is 8. The Labute approximate surface area is 221 Å². The summed E-state index contributed by atoms with van der Waals surface area (Å²) in [5, 5.41) is 73.8. The van der Waals surface area contributed by atoms with Gasteiger partial charge >= 0.3 is 15.4 Å². The van der Waals surface area contributed by atoms with Gasteiger partial charge in [-0.2, -0.15) is 4.98 Å². The second kappa shape index (κ2) is 13.2. The number of ether oxygens (including phenoxy) is 1. The third-order valence-corrected chi connectivity index (χ3v) is 7.80. The van der Waals surface area contributed by atoms with Crippen LogP contribution in [0.4, 0.5) is 5.95 Å². The maximum Gasteiger partial charge on any atom is 0.477 e. The van der Waals surface area contributed by atoms with E-state index in [4.69, 9.17) is 45.6 Å². The van der Waals surface area contributed by atoms with Crippen LogP contribution in [-0.4, -0.2) is 137 Å². The molecule has 0 spiro atoms. The van der Waals surface area contributed by atoms with E-state index in [-0.39, 0.29) is 17.1 Å². The molecule has 14 N–H and O–H groups in total. The number of phosphoric acid groups is 1. The summed E-state index contributed by atoms with van der Waals surface area (Å²) in [4.78, 5) is 58.6. The van der Waals surface area contributed by atoms with Crippen LogP contribution in [0.15, 0.2) is 11.1 Å². The highest BCUT2D eigenvalue weighted by atomic mass is 31.3. The molecule has 2 aromatic heterocycles. The van der Waals surface area contributed by atoms with E-state index in [1.807, 2.05) is 0 Å². The molecule has 3 heterocycles. The quantitative estimate of drug-likeness (QED) is 0.109. The topological polar surface area (TPSA) is 382 Å². The first-order valence-electron chi connectivity index (χ1n) is 10.7. The normalized spacial score (nSPS) is 25.9. The maximum absolute atomic E-state index is 11.7. The van der Waals surface area contributed by atoms with E-state index in [0.29, 0.717) is 0 Å². The van der Waals surface area contributed by atoms with Gasteiger partial charge in [0.25, 0.3) is 11.1 Å². The molecule has 9 atom stereocenters. The summed E-state index contributed by atoms with van der Waals surface area (Å²) in [6.07, 6.45) is -12.8. The summed E-state index contributed by atoms with van der Waals surface area (Å²) in [6.45, 7) is -1.51. The van der Waals surface area contributed by atoms with Crippen LogP contribution in [0.5, 0.6) is 0 Å². The van der Waals surface area contributed by atoms with Crippen LogP contribution in [0, 0.1) is 0 Å². The Kier molecular flexibility index (Phi) is 11.2. The van der Waals surface area contributed by atoms with Crippen molar-refractivity contribution in [1.29, 1.82) is 0 Å². The number of imidazole rings is 1. The third-order valence-electron chi connectivity index (χ3n) is 5.25. The summed E-state index contributed by atoms with van der Waals surface area (Å²) >= 11 is 0. The second-order valence-electron chi connectivity index (χ2n) is 8.11. The molecule has 1 saturated heterocycles. The predicted molar refractivity (Wildman–Crippen MR) is 125 cm³/mol. The maximum atomic E-state index is 11.7. The molecule has 40 heavy (non-hydrogen) atoms. The number of hydrogen-bond acceptors (Lipinski definition) is 17. The Morgan fingerprint density at radius 2 is 1.73 bits per heavy atom. The Balaban J connectivity index is 0.000000280. The fourth-order valence-electron chi connectivity index (χ4n) is 3.26. The summed E-state index contributed by atoms with van der Waals surface area (Å²) in [6, 6.07) is 0. The lowest BCUT2D eigenvalue weighted by Crippen LogP contribution is -2.48. The highest BCUT2D eigenvalue weighted by Gasteiger charge is 2.46. The average molecular weight is 623 g/mol. The van der Waals surface area contributed by atoms with E-state index >= 15 is 0 Å². The number of hydrogen-bond donors (Lipinski definition) is 13. The Morgan fingerprint density at radius 3 is 2.23 bits per heavy atom. The Hall–Kier alpha value is -2.24. The zero-order chi connectivity index (χ0) is 30.7. The summed E-state index contributed by atoms with van der Waals surface area (Å²) in [5.41, 5.74) is 2.90. The number of aromatic amines is 1. The number of nitrogens with zero attached hydrogens (tertiary/aromatic N) is 3. The second-order valence-corrected chi connectivity index (χ2v) is 11.2. The van der Waals surface area contributed by atoms with E-state index in [1.165, 1.54) is 10.9 Å². The van der Waals surface area contributed by atoms with E-state index in [2.05, 4.69) is 19.3 Å². The van der Waals surface area contributed by atoms with Crippen molar-refractivity contribution in [3.05, 3.63) is 16.7 Å². The van der Waals surface area contributed by atoms with Crippen LogP contribution < -0.4 is 11.3 Å². The van der Waals surface area contributed by atoms with Gasteiger partial charge in [-0.3, -0.25) is 23.7 Å². The summed E-state index contributed by atoms with van der Waals surface area (Å²) in [5.74, 6) is -0.101. The standard InChI is InChI=1S/C10H13N5O5.C6H14O12P2/c11-10-13-7-4(8(19)14-10)12-2-15(7)9-6(18)5(17)3(1-16)20-9;7-1-2(8)3(9)4(10)5(11)6(12)19(13,14)18-20(15,16)17/h2-3,5-6,9,16-18H,1H2,(H3,11,13,14,19);2-5,7-11H,1H2,(H,13,14)(H2,15,16,17)/t3-,5-,6-,9-;2-,3-,4+,5-/m11/s1. The van der Waals surface area contributed by atoms with E-state index in [0.717, 1.165) is 0 Å². The summed E-state index contributed by atoms with van der Waals surface area (Å²) in [7, 11) is -11.2. The number of H-pyrrole nitrogens is 1. The van der Waals surface area contributed by atoms with Crippen molar-refractivity contribution < 1.29 is 78.5 Å². The fraction of sp³-hybridized carbons (Fsp3) is 0.625. The molecule has 24 heteroatoms. The number of fused-ring (bicyclic) bond motifs is 1. The first-order chi connectivity index (χ1) is 18.4. The van der Waals surface area contributed by atoms with Crippen LogP contribution >= 0.6 is 15.4 Å². The Bertz CT molecular complexity index is 1330. The highest BCUT2D eigenvalue weighted by molar-refractivity contribution is 7.76. The van der Waals surface area contributed by atoms with E-state index in [1.54, 1.807) is 0 Å². The van der Waals surface area contributed by atoms with Gasteiger partial charge in [0.05, 0.1) is 19.5 Å². The van der Waals surface area contributed by atoms with Gasteiger partial charge in [0.15, 0.2) is 23.5 Å². The molecule has 0 aliphatic carbocycles. The molecule has 0 aromatic carbocycles. The number of nitrogens with two attached hydrogens (primary N) is 1.